The molecule has 9 heteroatoms. The molecule has 9 nitrogen and oxygen atoms in total. The second kappa shape index (κ2) is 9.31. The highest BCUT2D eigenvalue weighted by Crippen LogP contribution is 2.15. The number of hydrogen-bond donors (Lipinski definition) is 3. The van der Waals surface area contributed by atoms with Crippen LogP contribution < -0.4 is 15.8 Å². The third-order valence-corrected chi connectivity index (χ3v) is 4.78. The van der Waals surface area contributed by atoms with Gasteiger partial charge >= 0.3 is 5.91 Å². The summed E-state index contributed by atoms with van der Waals surface area (Å²) in [5, 5.41) is 25.0. The Hall–Kier alpha value is -2.68. The Bertz CT molecular complexity index is 696. The maximum atomic E-state index is 12.6. The summed E-state index contributed by atoms with van der Waals surface area (Å²) in [5.74, 6) is -1.57. The molecular formula is C18H26N4O5. The Balaban J connectivity index is 1.92. The summed E-state index contributed by atoms with van der Waals surface area (Å²) in [6.07, 6.45) is 1.86. The second-order valence-corrected chi connectivity index (χ2v) is 6.89. The molecule has 2 unspecified atom stereocenters. The molecule has 0 bridgehead atoms. The zero-order valence-corrected chi connectivity index (χ0v) is 15.3. The van der Waals surface area contributed by atoms with Crippen molar-refractivity contribution in [1.82, 2.24) is 10.2 Å². The van der Waals surface area contributed by atoms with Gasteiger partial charge in [-0.3, -0.25) is 14.4 Å². The van der Waals surface area contributed by atoms with Crippen molar-refractivity contribution in [2.75, 3.05) is 13.1 Å². The molecule has 0 spiro atoms. The molecule has 3 atom stereocenters. The minimum Gasteiger partial charge on any atom is -0.618 e. The van der Waals surface area contributed by atoms with Crippen LogP contribution in [0, 0.1) is 11.1 Å². The zero-order valence-electron chi connectivity index (χ0n) is 15.3. The summed E-state index contributed by atoms with van der Waals surface area (Å²) in [4.78, 5) is 37.1. The lowest BCUT2D eigenvalue weighted by molar-refractivity contribution is -0.608. The van der Waals surface area contributed by atoms with Gasteiger partial charge in [-0.1, -0.05) is 6.92 Å². The molecule has 4 N–H and O–H groups in total. The predicted molar refractivity (Wildman–Crippen MR) is 96.1 cm³/mol. The van der Waals surface area contributed by atoms with Crippen LogP contribution in [0.25, 0.3) is 0 Å². The molecular weight excluding hydrogens is 352 g/mol. The van der Waals surface area contributed by atoms with E-state index in [9.17, 15) is 24.7 Å². The van der Waals surface area contributed by atoms with Crippen LogP contribution in [0.2, 0.25) is 0 Å². The topological polar surface area (TPSA) is 140 Å². The maximum absolute atomic E-state index is 12.6. The molecule has 2 rings (SSSR count). The molecule has 1 fully saturated rings. The number of hydrogen-bond acceptors (Lipinski definition) is 5. The molecule has 2 heterocycles. The number of aromatic nitrogens is 1. The van der Waals surface area contributed by atoms with E-state index in [-0.39, 0.29) is 24.6 Å². The van der Waals surface area contributed by atoms with Gasteiger partial charge in [-0.05, 0) is 25.3 Å². The van der Waals surface area contributed by atoms with Crippen molar-refractivity contribution in [2.24, 2.45) is 11.7 Å². The van der Waals surface area contributed by atoms with Crippen LogP contribution in [0.4, 0.5) is 0 Å². The van der Waals surface area contributed by atoms with E-state index in [1.54, 1.807) is 13.0 Å². The van der Waals surface area contributed by atoms with Crippen molar-refractivity contribution in [2.45, 2.75) is 44.8 Å². The number of likely N-dealkylation sites (tertiary alicyclic amines) is 1. The van der Waals surface area contributed by atoms with Gasteiger partial charge in [-0.15, -0.1) is 0 Å². The van der Waals surface area contributed by atoms with Gasteiger partial charge in [0.1, 0.15) is 0 Å². The maximum Gasteiger partial charge on any atom is 0.320 e. The third-order valence-electron chi connectivity index (χ3n) is 4.78. The number of nitrogens with two attached hydrogens (primary N) is 1. The van der Waals surface area contributed by atoms with Crippen LogP contribution >= 0.6 is 0 Å². The molecule has 0 aliphatic carbocycles. The normalized spacial score (nSPS) is 21.2. The zero-order chi connectivity index (χ0) is 20.0. The van der Waals surface area contributed by atoms with Gasteiger partial charge in [0.25, 0.3) is 5.69 Å². The number of amides is 3. The molecule has 27 heavy (non-hydrogen) atoms. The minimum absolute atomic E-state index is 0.00683. The number of rotatable bonds is 6. The Labute approximate surface area is 157 Å². The molecule has 3 amide bonds. The third kappa shape index (κ3) is 5.65. The fourth-order valence-electron chi connectivity index (χ4n) is 3.02. The van der Waals surface area contributed by atoms with Crippen LogP contribution in [-0.4, -0.2) is 53.0 Å². The number of nitrogens with one attached hydrogen (secondary N) is 1. The van der Waals surface area contributed by atoms with Crippen molar-refractivity contribution < 1.29 is 24.2 Å². The number of pyridine rings is 1. The number of carbonyl (C=O) groups excluding carboxylic acids is 3. The lowest BCUT2D eigenvalue weighted by atomic mass is 10.0. The first kappa shape index (κ1) is 20.6. The van der Waals surface area contributed by atoms with E-state index in [0.717, 1.165) is 0 Å². The van der Waals surface area contributed by atoms with Crippen LogP contribution in [0.1, 0.15) is 43.1 Å². The van der Waals surface area contributed by atoms with Crippen molar-refractivity contribution in [3.63, 3.8) is 0 Å². The van der Waals surface area contributed by atoms with E-state index in [0.29, 0.717) is 30.5 Å². The quantitative estimate of drug-likeness (QED) is 0.444. The number of aliphatic hydroxyl groups excluding tert-OH is 1. The first-order valence-electron chi connectivity index (χ1n) is 9.03. The molecule has 0 radical (unpaired) electrons. The van der Waals surface area contributed by atoms with Gasteiger partial charge in [0.15, 0.2) is 6.20 Å². The largest absolute Gasteiger partial charge is 0.618 e. The molecule has 1 aliphatic rings. The van der Waals surface area contributed by atoms with Crippen molar-refractivity contribution in [1.29, 1.82) is 0 Å². The molecule has 0 saturated carbocycles. The average molecular weight is 378 g/mol. The summed E-state index contributed by atoms with van der Waals surface area (Å²) in [6.45, 7) is 2.07. The Kier molecular flexibility index (Phi) is 7.12. The fourth-order valence-corrected chi connectivity index (χ4v) is 3.02. The van der Waals surface area contributed by atoms with E-state index in [2.05, 4.69) is 5.32 Å². The van der Waals surface area contributed by atoms with Crippen molar-refractivity contribution in [3.8, 4) is 0 Å². The summed E-state index contributed by atoms with van der Waals surface area (Å²) in [7, 11) is 0. The molecule has 148 valence electrons. The monoisotopic (exact) mass is 378 g/mol. The molecule has 1 aromatic rings. The fraction of sp³-hybridized carbons (Fsp3) is 0.556. The van der Waals surface area contributed by atoms with E-state index >= 15 is 0 Å². The van der Waals surface area contributed by atoms with Gasteiger partial charge in [-0.2, -0.15) is 4.73 Å². The number of aliphatic hydroxyl groups is 1. The Morgan fingerprint density at radius 2 is 2.19 bits per heavy atom. The van der Waals surface area contributed by atoms with E-state index in [1.165, 1.54) is 23.2 Å². The number of carbonyl (C=O) groups is 3. The SMILES string of the molecule is CC(CCC(=O)NC1CCCN(C(=O)c2cccc[n+]2[O-])C[C@@H]1O)C(N)=O. The summed E-state index contributed by atoms with van der Waals surface area (Å²) in [6, 6.07) is 4.08. The first-order chi connectivity index (χ1) is 12.8. The highest BCUT2D eigenvalue weighted by atomic mass is 16.5. The van der Waals surface area contributed by atoms with E-state index in [4.69, 9.17) is 5.73 Å². The second-order valence-electron chi connectivity index (χ2n) is 6.89. The average Bonchev–Trinajstić information content (AvgIpc) is 2.81. The van der Waals surface area contributed by atoms with E-state index < -0.39 is 29.9 Å². The number of nitrogens with zero attached hydrogens (tertiary/aromatic N) is 2. The van der Waals surface area contributed by atoms with Crippen molar-refractivity contribution >= 4 is 17.7 Å². The van der Waals surface area contributed by atoms with Gasteiger partial charge in [0.2, 0.25) is 11.8 Å². The smallest absolute Gasteiger partial charge is 0.320 e. The van der Waals surface area contributed by atoms with Gasteiger partial charge in [0, 0.05) is 37.6 Å². The summed E-state index contributed by atoms with van der Waals surface area (Å²) >= 11 is 0. The minimum atomic E-state index is -0.947. The predicted octanol–water partition coefficient (Wildman–Crippen LogP) is -0.697. The van der Waals surface area contributed by atoms with Crippen LogP contribution in [0.5, 0.6) is 0 Å². The van der Waals surface area contributed by atoms with Gasteiger partial charge < -0.3 is 26.3 Å². The van der Waals surface area contributed by atoms with Gasteiger partial charge in [0.05, 0.1) is 12.1 Å². The van der Waals surface area contributed by atoms with Gasteiger partial charge in [-0.25, -0.2) is 0 Å². The van der Waals surface area contributed by atoms with Crippen molar-refractivity contribution in [3.05, 3.63) is 35.3 Å². The Morgan fingerprint density at radius 3 is 2.85 bits per heavy atom. The number of β-amino-alcohol motifs (C(OH)–C–C–N with tert-alkyl or cyclic N) is 1. The lowest BCUT2D eigenvalue weighted by Crippen LogP contribution is -2.48. The highest BCUT2D eigenvalue weighted by molar-refractivity contribution is 5.91. The van der Waals surface area contributed by atoms with Crippen LogP contribution in [0.15, 0.2) is 24.4 Å². The van der Waals surface area contributed by atoms with E-state index in [1.807, 2.05) is 0 Å². The molecule has 1 aliphatic heterocycles. The van der Waals surface area contributed by atoms with Crippen LogP contribution in [-0.2, 0) is 9.59 Å². The molecule has 1 aromatic heterocycles. The highest BCUT2D eigenvalue weighted by Gasteiger charge is 2.31. The molecule has 1 saturated heterocycles. The summed E-state index contributed by atoms with van der Waals surface area (Å²) in [5.41, 5.74) is 5.17. The summed E-state index contributed by atoms with van der Waals surface area (Å²) < 4.78 is 0.499. The van der Waals surface area contributed by atoms with Crippen LogP contribution in [0.3, 0.4) is 0 Å². The number of primary amides is 1. The lowest BCUT2D eigenvalue weighted by Gasteiger charge is -2.25. The molecule has 0 aromatic carbocycles. The Morgan fingerprint density at radius 1 is 1.44 bits per heavy atom. The standard InChI is InChI=1S/C18H26N4O5/c1-12(17(19)25)7-8-16(24)20-13-5-4-9-21(11-15(13)23)18(26)14-6-2-3-10-22(14)27/h2-3,6,10,12-13,15,23H,4-5,7-9,11H2,1H3,(H2,19,25)(H,20,24)/t12?,13?,15-/m0/s1. The first-order valence-corrected chi connectivity index (χ1v) is 9.03.